The Bertz CT molecular complexity index is 443. The molecule has 1 rings (SSSR count). The molecule has 7 nitrogen and oxygen atoms in total. The minimum atomic E-state index is -0.376. The van der Waals surface area contributed by atoms with E-state index in [1.165, 1.54) is 0 Å². The highest BCUT2D eigenvalue weighted by Gasteiger charge is 2.24. The van der Waals surface area contributed by atoms with Crippen molar-refractivity contribution in [3.8, 4) is 0 Å². The molecule has 0 spiro atoms. The van der Waals surface area contributed by atoms with E-state index in [9.17, 15) is 10.1 Å². The summed E-state index contributed by atoms with van der Waals surface area (Å²) in [5.74, 6) is 0.500. The maximum absolute atomic E-state index is 11.1. The SMILES string of the molecule is CCn1nc(C)c([N+](=O)[O-])c1NCCCCOC(C)C. The number of rotatable bonds is 9. The predicted octanol–water partition coefficient (Wildman–Crippen LogP) is 2.74. The van der Waals surface area contributed by atoms with Crippen LogP contribution in [0.2, 0.25) is 0 Å². The molecule has 0 radical (unpaired) electrons. The number of ether oxygens (including phenoxy) is 1. The highest BCUT2D eigenvalue weighted by atomic mass is 16.6. The fourth-order valence-corrected chi connectivity index (χ4v) is 1.95. The molecular weight excluding hydrogens is 260 g/mol. The monoisotopic (exact) mass is 284 g/mol. The molecule has 7 heteroatoms. The van der Waals surface area contributed by atoms with Crippen LogP contribution >= 0.6 is 0 Å². The summed E-state index contributed by atoms with van der Waals surface area (Å²) in [6.07, 6.45) is 2.07. The second-order valence-corrected chi connectivity index (χ2v) is 4.91. The lowest BCUT2D eigenvalue weighted by Crippen LogP contribution is -2.11. The van der Waals surface area contributed by atoms with E-state index in [0.29, 0.717) is 31.2 Å². The molecule has 0 aliphatic rings. The molecule has 0 aliphatic carbocycles. The quantitative estimate of drug-likeness (QED) is 0.428. The number of unbranched alkanes of at least 4 members (excludes halogenated alkanes) is 1. The maximum Gasteiger partial charge on any atom is 0.333 e. The molecule has 0 saturated heterocycles. The molecule has 0 amide bonds. The van der Waals surface area contributed by atoms with E-state index in [1.807, 2.05) is 20.8 Å². The molecule has 0 unspecified atom stereocenters. The van der Waals surface area contributed by atoms with Gasteiger partial charge in [0.1, 0.15) is 5.69 Å². The van der Waals surface area contributed by atoms with Gasteiger partial charge in [-0.15, -0.1) is 0 Å². The summed E-state index contributed by atoms with van der Waals surface area (Å²) in [5, 5.41) is 18.4. The summed E-state index contributed by atoms with van der Waals surface area (Å²) < 4.78 is 7.09. The van der Waals surface area contributed by atoms with Gasteiger partial charge < -0.3 is 10.1 Å². The molecule has 0 fully saturated rings. The largest absolute Gasteiger partial charge is 0.379 e. The van der Waals surface area contributed by atoms with Gasteiger partial charge in [-0.05, 0) is 40.5 Å². The first-order chi connectivity index (χ1) is 9.47. The third kappa shape index (κ3) is 4.48. The number of aromatic nitrogens is 2. The Balaban J connectivity index is 2.52. The van der Waals surface area contributed by atoms with E-state index in [1.54, 1.807) is 11.6 Å². The zero-order chi connectivity index (χ0) is 15.1. The van der Waals surface area contributed by atoms with Crippen molar-refractivity contribution < 1.29 is 9.66 Å². The van der Waals surface area contributed by atoms with Crippen LogP contribution in [-0.2, 0) is 11.3 Å². The molecule has 0 bridgehead atoms. The summed E-state index contributed by atoms with van der Waals surface area (Å²) in [7, 11) is 0. The first kappa shape index (κ1) is 16.4. The van der Waals surface area contributed by atoms with Crippen LogP contribution < -0.4 is 5.32 Å². The van der Waals surface area contributed by atoms with Gasteiger partial charge in [-0.25, -0.2) is 4.68 Å². The normalized spacial score (nSPS) is 11.1. The topological polar surface area (TPSA) is 82.2 Å². The Morgan fingerprint density at radius 1 is 1.45 bits per heavy atom. The van der Waals surface area contributed by atoms with Crippen LogP contribution in [0.1, 0.15) is 39.3 Å². The molecule has 1 aromatic heterocycles. The van der Waals surface area contributed by atoms with Gasteiger partial charge in [0.05, 0.1) is 11.0 Å². The zero-order valence-corrected chi connectivity index (χ0v) is 12.7. The fourth-order valence-electron chi connectivity index (χ4n) is 1.95. The van der Waals surface area contributed by atoms with Gasteiger partial charge in [-0.3, -0.25) is 10.1 Å². The van der Waals surface area contributed by atoms with Crippen LogP contribution in [-0.4, -0.2) is 34.0 Å². The fraction of sp³-hybridized carbons (Fsp3) is 0.769. The Hall–Kier alpha value is -1.63. The van der Waals surface area contributed by atoms with Crippen molar-refractivity contribution in [1.29, 1.82) is 0 Å². The van der Waals surface area contributed by atoms with Crippen LogP contribution in [0.15, 0.2) is 0 Å². The number of aryl methyl sites for hydroxylation is 2. The van der Waals surface area contributed by atoms with Crippen molar-refractivity contribution in [2.75, 3.05) is 18.5 Å². The van der Waals surface area contributed by atoms with E-state index < -0.39 is 0 Å². The molecule has 0 aromatic carbocycles. The minimum absolute atomic E-state index is 0.0743. The summed E-state index contributed by atoms with van der Waals surface area (Å²) in [6.45, 7) is 9.58. The lowest BCUT2D eigenvalue weighted by atomic mass is 10.3. The van der Waals surface area contributed by atoms with Crippen LogP contribution in [0, 0.1) is 17.0 Å². The van der Waals surface area contributed by atoms with E-state index in [0.717, 1.165) is 12.8 Å². The number of nitrogens with zero attached hydrogens (tertiary/aromatic N) is 3. The van der Waals surface area contributed by atoms with Crippen molar-refractivity contribution in [2.24, 2.45) is 0 Å². The van der Waals surface area contributed by atoms with Gasteiger partial charge >= 0.3 is 5.69 Å². The van der Waals surface area contributed by atoms with Gasteiger partial charge in [-0.1, -0.05) is 0 Å². The van der Waals surface area contributed by atoms with Gasteiger partial charge in [0.15, 0.2) is 0 Å². The van der Waals surface area contributed by atoms with Crippen LogP contribution in [0.25, 0.3) is 0 Å². The Morgan fingerprint density at radius 2 is 2.15 bits per heavy atom. The zero-order valence-electron chi connectivity index (χ0n) is 12.7. The van der Waals surface area contributed by atoms with E-state index >= 15 is 0 Å². The summed E-state index contributed by atoms with van der Waals surface area (Å²) >= 11 is 0. The Kier molecular flexibility index (Phi) is 6.44. The standard InChI is InChI=1S/C13H24N4O3/c1-5-16-13(12(17(18)19)11(4)15-16)14-8-6-7-9-20-10(2)3/h10,14H,5-9H2,1-4H3. The first-order valence-corrected chi connectivity index (χ1v) is 7.04. The van der Waals surface area contributed by atoms with E-state index in [2.05, 4.69) is 10.4 Å². The van der Waals surface area contributed by atoms with Gasteiger partial charge in [0.25, 0.3) is 0 Å². The van der Waals surface area contributed by atoms with Crippen molar-refractivity contribution >= 4 is 11.5 Å². The Morgan fingerprint density at radius 3 is 2.70 bits per heavy atom. The molecular formula is C13H24N4O3. The van der Waals surface area contributed by atoms with Crippen molar-refractivity contribution in [1.82, 2.24) is 9.78 Å². The molecule has 0 saturated carbocycles. The molecule has 1 aromatic rings. The molecule has 1 heterocycles. The third-order valence-corrected chi connectivity index (χ3v) is 2.89. The first-order valence-electron chi connectivity index (χ1n) is 7.04. The molecule has 114 valence electrons. The third-order valence-electron chi connectivity index (χ3n) is 2.89. The molecule has 0 atom stereocenters. The number of nitrogens with one attached hydrogen (secondary N) is 1. The lowest BCUT2D eigenvalue weighted by Gasteiger charge is -2.09. The van der Waals surface area contributed by atoms with Gasteiger partial charge in [-0.2, -0.15) is 5.10 Å². The molecule has 20 heavy (non-hydrogen) atoms. The van der Waals surface area contributed by atoms with Crippen LogP contribution in [0.4, 0.5) is 11.5 Å². The number of anilines is 1. The highest BCUT2D eigenvalue weighted by Crippen LogP contribution is 2.27. The second-order valence-electron chi connectivity index (χ2n) is 4.91. The number of hydrogen-bond acceptors (Lipinski definition) is 5. The summed E-state index contributed by atoms with van der Waals surface area (Å²) in [5.41, 5.74) is 0.521. The average molecular weight is 284 g/mol. The van der Waals surface area contributed by atoms with E-state index in [4.69, 9.17) is 4.74 Å². The van der Waals surface area contributed by atoms with Gasteiger partial charge in [0.2, 0.25) is 5.82 Å². The maximum atomic E-state index is 11.1. The van der Waals surface area contributed by atoms with Crippen molar-refractivity contribution in [3.63, 3.8) is 0 Å². The molecule has 0 aliphatic heterocycles. The van der Waals surface area contributed by atoms with Gasteiger partial charge in [0, 0.05) is 19.7 Å². The average Bonchev–Trinajstić information content (AvgIpc) is 2.69. The van der Waals surface area contributed by atoms with Crippen molar-refractivity contribution in [3.05, 3.63) is 15.8 Å². The Labute approximate surface area is 119 Å². The summed E-state index contributed by atoms with van der Waals surface area (Å²) in [6, 6.07) is 0. The predicted molar refractivity (Wildman–Crippen MR) is 78.1 cm³/mol. The smallest absolute Gasteiger partial charge is 0.333 e. The minimum Gasteiger partial charge on any atom is -0.379 e. The van der Waals surface area contributed by atoms with Crippen LogP contribution in [0.3, 0.4) is 0 Å². The number of nitro groups is 1. The molecule has 1 N–H and O–H groups in total. The summed E-state index contributed by atoms with van der Waals surface area (Å²) in [4.78, 5) is 10.7. The van der Waals surface area contributed by atoms with E-state index in [-0.39, 0.29) is 16.7 Å². The van der Waals surface area contributed by atoms with Crippen LogP contribution in [0.5, 0.6) is 0 Å². The highest BCUT2D eigenvalue weighted by molar-refractivity contribution is 5.59. The lowest BCUT2D eigenvalue weighted by molar-refractivity contribution is -0.384. The number of hydrogen-bond donors (Lipinski definition) is 1. The van der Waals surface area contributed by atoms with Crippen molar-refractivity contribution in [2.45, 2.75) is 53.2 Å². The second kappa shape index (κ2) is 7.84.